The van der Waals surface area contributed by atoms with Crippen molar-refractivity contribution in [2.45, 2.75) is 37.8 Å². The highest BCUT2D eigenvalue weighted by Gasteiger charge is 2.40. The molecule has 0 aliphatic carbocycles. The Kier molecular flexibility index (Phi) is 4.33. The predicted octanol–water partition coefficient (Wildman–Crippen LogP) is -0.853. The summed E-state index contributed by atoms with van der Waals surface area (Å²) < 4.78 is 24.5. The molecule has 2 aliphatic rings. The van der Waals surface area contributed by atoms with Crippen LogP contribution in [0, 0.1) is 0 Å². The van der Waals surface area contributed by atoms with E-state index in [9.17, 15) is 18.0 Å². The third-order valence-corrected chi connectivity index (χ3v) is 5.83. The molecule has 2 amide bonds. The number of carbonyl (C=O) groups is 2. The first kappa shape index (κ1) is 15.2. The molecule has 1 N–H and O–H groups in total. The molecular formula is C12H21N3O4S. The summed E-state index contributed by atoms with van der Waals surface area (Å²) in [5.74, 6) is -0.383. The zero-order valence-electron chi connectivity index (χ0n) is 11.8. The maximum absolute atomic E-state index is 12.3. The Hall–Kier alpha value is -1.15. The van der Waals surface area contributed by atoms with E-state index in [1.165, 1.54) is 14.1 Å². The fourth-order valence-electron chi connectivity index (χ4n) is 2.81. The second-order valence-electron chi connectivity index (χ2n) is 5.54. The zero-order chi connectivity index (χ0) is 14.9. The van der Waals surface area contributed by atoms with Crippen molar-refractivity contribution in [3.63, 3.8) is 0 Å². The predicted molar refractivity (Wildman–Crippen MR) is 73.4 cm³/mol. The Labute approximate surface area is 119 Å². The van der Waals surface area contributed by atoms with Crippen LogP contribution in [-0.4, -0.2) is 67.9 Å². The fourth-order valence-corrected chi connectivity index (χ4v) is 3.61. The van der Waals surface area contributed by atoms with Crippen LogP contribution in [0.15, 0.2) is 0 Å². The van der Waals surface area contributed by atoms with Gasteiger partial charge in [0.1, 0.15) is 0 Å². The van der Waals surface area contributed by atoms with Crippen molar-refractivity contribution < 1.29 is 18.0 Å². The molecule has 2 bridgehead atoms. The Morgan fingerprint density at radius 1 is 1.35 bits per heavy atom. The van der Waals surface area contributed by atoms with Gasteiger partial charge in [0.05, 0.1) is 5.75 Å². The SMILES string of the molecule is CN(C)S(=O)(=O)CCC(=O)N1C2CCC1CC(=O)NC2. The Bertz CT molecular complexity index is 503. The molecule has 8 heteroatoms. The number of hydrogen-bond acceptors (Lipinski definition) is 4. The molecule has 0 spiro atoms. The van der Waals surface area contributed by atoms with Crippen molar-refractivity contribution in [2.75, 3.05) is 26.4 Å². The lowest BCUT2D eigenvalue weighted by atomic mass is 10.1. The molecule has 2 rings (SSSR count). The standard InChI is InChI=1S/C12H21N3O4S/c1-14(2)20(18,19)6-5-12(17)15-9-3-4-10(15)8-13-11(16)7-9/h9-10H,3-8H2,1-2H3,(H,13,16). The van der Waals surface area contributed by atoms with Crippen LogP contribution < -0.4 is 5.32 Å². The van der Waals surface area contributed by atoms with E-state index in [1.807, 2.05) is 0 Å². The molecule has 0 aromatic heterocycles. The van der Waals surface area contributed by atoms with Gasteiger partial charge in [-0.05, 0) is 12.8 Å². The molecule has 0 saturated carbocycles. The topological polar surface area (TPSA) is 86.8 Å². The lowest BCUT2D eigenvalue weighted by Crippen LogP contribution is -2.43. The van der Waals surface area contributed by atoms with Crippen molar-refractivity contribution >= 4 is 21.8 Å². The number of amides is 2. The summed E-state index contributed by atoms with van der Waals surface area (Å²) in [7, 11) is -0.450. The van der Waals surface area contributed by atoms with Crippen LogP contribution in [-0.2, 0) is 19.6 Å². The van der Waals surface area contributed by atoms with Crippen molar-refractivity contribution in [2.24, 2.45) is 0 Å². The molecule has 0 radical (unpaired) electrons. The van der Waals surface area contributed by atoms with Crippen molar-refractivity contribution in [3.05, 3.63) is 0 Å². The summed E-state index contributed by atoms with van der Waals surface area (Å²) in [5.41, 5.74) is 0. The summed E-state index contributed by atoms with van der Waals surface area (Å²) in [6, 6.07) is -0.0573. The van der Waals surface area contributed by atoms with Gasteiger partial charge in [-0.25, -0.2) is 12.7 Å². The molecular weight excluding hydrogens is 282 g/mol. The van der Waals surface area contributed by atoms with E-state index >= 15 is 0 Å². The lowest BCUT2D eigenvalue weighted by molar-refractivity contribution is -0.133. The highest BCUT2D eigenvalue weighted by molar-refractivity contribution is 7.89. The molecule has 7 nitrogen and oxygen atoms in total. The average molecular weight is 303 g/mol. The van der Waals surface area contributed by atoms with E-state index in [0.717, 1.165) is 17.1 Å². The van der Waals surface area contributed by atoms with E-state index in [4.69, 9.17) is 0 Å². The molecule has 2 fully saturated rings. The number of sulfonamides is 1. The number of nitrogens with one attached hydrogen (secondary N) is 1. The second-order valence-corrected chi connectivity index (χ2v) is 7.84. The fraction of sp³-hybridized carbons (Fsp3) is 0.833. The van der Waals surface area contributed by atoms with E-state index < -0.39 is 10.0 Å². The number of rotatable bonds is 4. The molecule has 0 aromatic rings. The van der Waals surface area contributed by atoms with Gasteiger partial charge in [0.2, 0.25) is 21.8 Å². The summed E-state index contributed by atoms with van der Waals surface area (Å²) in [4.78, 5) is 25.5. The number of nitrogens with zero attached hydrogens (tertiary/aromatic N) is 2. The molecule has 20 heavy (non-hydrogen) atoms. The largest absolute Gasteiger partial charge is 0.354 e. The smallest absolute Gasteiger partial charge is 0.224 e. The van der Waals surface area contributed by atoms with Gasteiger partial charge in [0.15, 0.2) is 0 Å². The zero-order valence-corrected chi connectivity index (χ0v) is 12.6. The second kappa shape index (κ2) is 5.69. The van der Waals surface area contributed by atoms with Crippen molar-refractivity contribution in [3.8, 4) is 0 Å². The van der Waals surface area contributed by atoms with Crippen molar-refractivity contribution in [1.29, 1.82) is 0 Å². The maximum atomic E-state index is 12.3. The van der Waals surface area contributed by atoms with Crippen LogP contribution in [0.4, 0.5) is 0 Å². The summed E-state index contributed by atoms with van der Waals surface area (Å²) >= 11 is 0. The summed E-state index contributed by atoms with van der Waals surface area (Å²) in [6.07, 6.45) is 1.99. The Morgan fingerprint density at radius 3 is 2.65 bits per heavy atom. The van der Waals surface area contributed by atoms with Crippen LogP contribution >= 0.6 is 0 Å². The quantitative estimate of drug-likeness (QED) is 0.733. The molecule has 2 aliphatic heterocycles. The summed E-state index contributed by atoms with van der Waals surface area (Å²) in [6.45, 7) is 0.474. The van der Waals surface area contributed by atoms with Crippen LogP contribution in [0.3, 0.4) is 0 Å². The van der Waals surface area contributed by atoms with E-state index in [-0.39, 0.29) is 36.1 Å². The van der Waals surface area contributed by atoms with E-state index in [2.05, 4.69) is 5.32 Å². The summed E-state index contributed by atoms with van der Waals surface area (Å²) in [5, 5.41) is 2.79. The van der Waals surface area contributed by atoms with Gasteiger partial charge in [0, 0.05) is 45.6 Å². The highest BCUT2D eigenvalue weighted by Crippen LogP contribution is 2.28. The van der Waals surface area contributed by atoms with Crippen LogP contribution in [0.1, 0.15) is 25.7 Å². The maximum Gasteiger partial charge on any atom is 0.224 e. The van der Waals surface area contributed by atoms with Gasteiger partial charge in [0.25, 0.3) is 0 Å². The number of hydrogen-bond donors (Lipinski definition) is 1. The molecule has 0 aromatic carbocycles. The first-order chi connectivity index (χ1) is 9.31. The number of carbonyl (C=O) groups excluding carboxylic acids is 2. The minimum absolute atomic E-state index is 0.0148. The average Bonchev–Trinajstić information content (AvgIpc) is 2.67. The van der Waals surface area contributed by atoms with Crippen molar-refractivity contribution in [1.82, 2.24) is 14.5 Å². The molecule has 2 atom stereocenters. The van der Waals surface area contributed by atoms with Gasteiger partial charge in [-0.15, -0.1) is 0 Å². The van der Waals surface area contributed by atoms with E-state index in [1.54, 1.807) is 4.90 Å². The van der Waals surface area contributed by atoms with Gasteiger partial charge in [-0.2, -0.15) is 0 Å². The highest BCUT2D eigenvalue weighted by atomic mass is 32.2. The minimum atomic E-state index is -3.36. The van der Waals surface area contributed by atoms with Crippen LogP contribution in [0.2, 0.25) is 0 Å². The monoisotopic (exact) mass is 303 g/mol. The first-order valence-electron chi connectivity index (χ1n) is 6.79. The third-order valence-electron chi connectivity index (χ3n) is 3.99. The van der Waals surface area contributed by atoms with Gasteiger partial charge in [-0.1, -0.05) is 0 Å². The molecule has 2 unspecified atom stereocenters. The molecule has 114 valence electrons. The minimum Gasteiger partial charge on any atom is -0.354 e. The Balaban J connectivity index is 2.01. The number of fused-ring (bicyclic) bond motifs is 2. The Morgan fingerprint density at radius 2 is 2.00 bits per heavy atom. The van der Waals surface area contributed by atoms with Gasteiger partial charge >= 0.3 is 0 Å². The van der Waals surface area contributed by atoms with Gasteiger partial charge < -0.3 is 10.2 Å². The lowest BCUT2D eigenvalue weighted by Gasteiger charge is -2.27. The third kappa shape index (κ3) is 3.12. The molecule has 2 heterocycles. The normalized spacial score (nSPS) is 26.6. The van der Waals surface area contributed by atoms with Gasteiger partial charge in [-0.3, -0.25) is 9.59 Å². The molecule has 2 saturated heterocycles. The van der Waals surface area contributed by atoms with Crippen LogP contribution in [0.25, 0.3) is 0 Å². The van der Waals surface area contributed by atoms with E-state index in [0.29, 0.717) is 13.0 Å². The first-order valence-corrected chi connectivity index (χ1v) is 8.40. The van der Waals surface area contributed by atoms with Crippen LogP contribution in [0.5, 0.6) is 0 Å².